The van der Waals surface area contributed by atoms with Crippen LogP contribution in [0.1, 0.15) is 23.1 Å². The molecule has 0 radical (unpaired) electrons. The summed E-state index contributed by atoms with van der Waals surface area (Å²) in [6.45, 7) is 4.35. The summed E-state index contributed by atoms with van der Waals surface area (Å²) < 4.78 is 1.65. The maximum absolute atomic E-state index is 12.5. The van der Waals surface area contributed by atoms with Crippen LogP contribution in [0.3, 0.4) is 0 Å². The number of aryl methyl sites for hydroxylation is 2. The molecule has 100 valence electrons. The lowest BCUT2D eigenvalue weighted by Gasteiger charge is -2.18. The fourth-order valence-corrected chi connectivity index (χ4v) is 1.98. The fourth-order valence-electron chi connectivity index (χ4n) is 1.98. The summed E-state index contributed by atoms with van der Waals surface area (Å²) in [5.41, 5.74) is 8.38. The van der Waals surface area contributed by atoms with E-state index in [9.17, 15) is 4.79 Å². The molecule has 0 aliphatic heterocycles. The fraction of sp³-hybridized carbons (Fsp3) is 0.286. The topological polar surface area (TPSA) is 64.2 Å². The van der Waals surface area contributed by atoms with Gasteiger partial charge in [-0.15, -0.1) is 0 Å². The highest BCUT2D eigenvalue weighted by atomic mass is 16.2. The number of nitrogens with two attached hydrogens (primary N) is 1. The van der Waals surface area contributed by atoms with E-state index in [1.807, 2.05) is 37.3 Å². The predicted molar refractivity (Wildman–Crippen MR) is 76.2 cm³/mol. The molecule has 0 spiro atoms. The van der Waals surface area contributed by atoms with Gasteiger partial charge in [0.25, 0.3) is 5.91 Å². The van der Waals surface area contributed by atoms with Gasteiger partial charge in [-0.3, -0.25) is 9.48 Å². The average Bonchev–Trinajstić information content (AvgIpc) is 2.73. The van der Waals surface area contributed by atoms with Crippen molar-refractivity contribution >= 4 is 17.3 Å². The molecule has 0 aliphatic carbocycles. The lowest BCUT2D eigenvalue weighted by atomic mass is 10.2. The molecule has 0 unspecified atom stereocenters. The van der Waals surface area contributed by atoms with Crippen molar-refractivity contribution in [2.24, 2.45) is 0 Å². The monoisotopic (exact) mass is 258 g/mol. The van der Waals surface area contributed by atoms with Crippen LogP contribution in [0.15, 0.2) is 30.3 Å². The van der Waals surface area contributed by atoms with Crippen LogP contribution in [-0.2, 0) is 6.54 Å². The van der Waals surface area contributed by atoms with Crippen LogP contribution in [0.5, 0.6) is 0 Å². The molecular formula is C14H18N4O. The van der Waals surface area contributed by atoms with Gasteiger partial charge in [-0.1, -0.05) is 18.2 Å². The molecule has 0 fully saturated rings. The smallest absolute Gasteiger partial charge is 0.278 e. The zero-order valence-corrected chi connectivity index (χ0v) is 11.4. The third-order valence-corrected chi connectivity index (χ3v) is 3.12. The number of nitrogens with zero attached hydrogens (tertiary/aromatic N) is 3. The van der Waals surface area contributed by atoms with Crippen LogP contribution < -0.4 is 10.6 Å². The second kappa shape index (κ2) is 5.14. The summed E-state index contributed by atoms with van der Waals surface area (Å²) >= 11 is 0. The van der Waals surface area contributed by atoms with E-state index in [1.165, 1.54) is 0 Å². The van der Waals surface area contributed by atoms with Gasteiger partial charge in [0.2, 0.25) is 0 Å². The first-order valence-electron chi connectivity index (χ1n) is 6.22. The molecule has 1 heterocycles. The van der Waals surface area contributed by atoms with Crippen molar-refractivity contribution in [1.82, 2.24) is 9.78 Å². The van der Waals surface area contributed by atoms with Crippen LogP contribution in [0, 0.1) is 6.92 Å². The van der Waals surface area contributed by atoms with Crippen molar-refractivity contribution in [2.75, 3.05) is 17.7 Å². The number of hydrogen-bond donors (Lipinski definition) is 1. The van der Waals surface area contributed by atoms with Gasteiger partial charge in [-0.05, 0) is 26.0 Å². The van der Waals surface area contributed by atoms with Crippen LogP contribution in [-0.4, -0.2) is 22.7 Å². The molecule has 2 rings (SSSR count). The van der Waals surface area contributed by atoms with Crippen LogP contribution in [0.25, 0.3) is 0 Å². The van der Waals surface area contributed by atoms with Crippen molar-refractivity contribution in [3.8, 4) is 0 Å². The molecular weight excluding hydrogens is 240 g/mol. The zero-order chi connectivity index (χ0) is 14.0. The number of nitrogen functional groups attached to an aromatic ring is 1. The molecule has 1 amide bonds. The lowest BCUT2D eigenvalue weighted by Crippen LogP contribution is -2.29. The molecule has 5 heteroatoms. The van der Waals surface area contributed by atoms with Crippen molar-refractivity contribution in [3.05, 3.63) is 41.7 Å². The first-order valence-corrected chi connectivity index (χ1v) is 6.22. The SMILES string of the molecule is CCn1nc(C)c(N)c1C(=O)N(C)c1ccccc1. The minimum absolute atomic E-state index is 0.147. The highest BCUT2D eigenvalue weighted by Gasteiger charge is 2.22. The van der Waals surface area contributed by atoms with E-state index in [0.717, 1.165) is 5.69 Å². The van der Waals surface area contributed by atoms with Gasteiger partial charge in [0.15, 0.2) is 0 Å². The van der Waals surface area contributed by atoms with Gasteiger partial charge in [0.1, 0.15) is 5.69 Å². The Morgan fingerprint density at radius 3 is 2.58 bits per heavy atom. The first kappa shape index (κ1) is 13.1. The van der Waals surface area contributed by atoms with Gasteiger partial charge in [-0.25, -0.2) is 0 Å². The summed E-state index contributed by atoms with van der Waals surface area (Å²) in [6.07, 6.45) is 0. The normalized spacial score (nSPS) is 10.5. The van der Waals surface area contributed by atoms with E-state index in [-0.39, 0.29) is 5.91 Å². The minimum Gasteiger partial charge on any atom is -0.395 e. The quantitative estimate of drug-likeness (QED) is 0.916. The van der Waals surface area contributed by atoms with Crippen molar-refractivity contribution in [3.63, 3.8) is 0 Å². The highest BCUT2D eigenvalue weighted by Crippen LogP contribution is 2.21. The van der Waals surface area contributed by atoms with Gasteiger partial charge in [0, 0.05) is 19.3 Å². The number of aromatic nitrogens is 2. The Hall–Kier alpha value is -2.30. The van der Waals surface area contributed by atoms with Crippen molar-refractivity contribution < 1.29 is 4.79 Å². The molecule has 0 aliphatic rings. The number of para-hydroxylation sites is 1. The summed E-state index contributed by atoms with van der Waals surface area (Å²) in [5, 5.41) is 4.27. The highest BCUT2D eigenvalue weighted by molar-refractivity contribution is 6.08. The Balaban J connectivity index is 2.40. The summed E-state index contributed by atoms with van der Waals surface area (Å²) in [7, 11) is 1.74. The molecule has 0 atom stereocenters. The number of rotatable bonds is 3. The molecule has 0 saturated heterocycles. The molecule has 2 aromatic rings. The number of hydrogen-bond acceptors (Lipinski definition) is 3. The maximum atomic E-state index is 12.5. The Kier molecular flexibility index (Phi) is 3.55. The van der Waals surface area contributed by atoms with E-state index in [1.54, 1.807) is 23.6 Å². The van der Waals surface area contributed by atoms with Gasteiger partial charge >= 0.3 is 0 Å². The Morgan fingerprint density at radius 2 is 2.00 bits per heavy atom. The Morgan fingerprint density at radius 1 is 1.37 bits per heavy atom. The van der Waals surface area contributed by atoms with Gasteiger partial charge < -0.3 is 10.6 Å². The first-order chi connectivity index (χ1) is 9.06. The third-order valence-electron chi connectivity index (χ3n) is 3.12. The summed E-state index contributed by atoms with van der Waals surface area (Å²) in [6, 6.07) is 9.47. The number of carbonyl (C=O) groups is 1. The van der Waals surface area contributed by atoms with Gasteiger partial charge in [-0.2, -0.15) is 5.10 Å². The lowest BCUT2D eigenvalue weighted by molar-refractivity contribution is 0.0983. The van der Waals surface area contributed by atoms with Crippen LogP contribution in [0.4, 0.5) is 11.4 Å². The van der Waals surface area contributed by atoms with Crippen molar-refractivity contribution in [2.45, 2.75) is 20.4 Å². The molecule has 19 heavy (non-hydrogen) atoms. The molecule has 2 N–H and O–H groups in total. The largest absolute Gasteiger partial charge is 0.395 e. The molecule has 1 aromatic carbocycles. The molecule has 1 aromatic heterocycles. The second-order valence-corrected chi connectivity index (χ2v) is 4.36. The zero-order valence-electron chi connectivity index (χ0n) is 11.4. The summed E-state index contributed by atoms with van der Waals surface area (Å²) in [4.78, 5) is 14.1. The molecule has 0 bridgehead atoms. The average molecular weight is 258 g/mol. The van der Waals surface area contributed by atoms with E-state index in [2.05, 4.69) is 5.10 Å². The van der Waals surface area contributed by atoms with Crippen LogP contribution >= 0.6 is 0 Å². The Bertz CT molecular complexity index is 589. The van der Waals surface area contributed by atoms with Gasteiger partial charge in [0.05, 0.1) is 11.4 Å². The number of anilines is 2. The molecule has 0 saturated carbocycles. The van der Waals surface area contributed by atoms with Crippen LogP contribution in [0.2, 0.25) is 0 Å². The minimum atomic E-state index is -0.147. The van der Waals surface area contributed by atoms with Crippen molar-refractivity contribution in [1.29, 1.82) is 0 Å². The standard InChI is InChI=1S/C14H18N4O/c1-4-18-13(12(15)10(2)16-18)14(19)17(3)11-8-6-5-7-9-11/h5-9H,4,15H2,1-3H3. The maximum Gasteiger partial charge on any atom is 0.278 e. The summed E-state index contributed by atoms with van der Waals surface area (Å²) in [5.74, 6) is -0.147. The van der Waals surface area contributed by atoms with E-state index >= 15 is 0 Å². The number of benzene rings is 1. The predicted octanol–water partition coefficient (Wildman–Crippen LogP) is 2.07. The number of carbonyl (C=O) groups excluding carboxylic acids is 1. The second-order valence-electron chi connectivity index (χ2n) is 4.36. The Labute approximate surface area is 112 Å². The van der Waals surface area contributed by atoms with E-state index < -0.39 is 0 Å². The molecule has 5 nitrogen and oxygen atoms in total. The third kappa shape index (κ3) is 2.31. The van der Waals surface area contributed by atoms with E-state index in [4.69, 9.17) is 5.73 Å². The number of amides is 1. The van der Waals surface area contributed by atoms with E-state index in [0.29, 0.717) is 23.6 Å².